The highest BCUT2D eigenvalue weighted by Crippen LogP contribution is 2.35. The molecule has 0 atom stereocenters. The van der Waals surface area contributed by atoms with Gasteiger partial charge in [-0.05, 0) is 23.7 Å². The number of fused-ring (bicyclic) bond motifs is 1. The minimum absolute atomic E-state index is 0.0605. The standard InChI is InChI=1S/C12H5F3N4S/c13-12(14,15)10-9(6-20-18-10)19-2-1-8-3-7(4-16)5-17-11(8)19/h1-3,5-6H. The van der Waals surface area contributed by atoms with Crippen molar-refractivity contribution in [1.82, 2.24) is 13.9 Å². The Bertz CT molecular complexity index is 825. The SMILES string of the molecule is N#Cc1cnc2c(ccn2-c2csnc2C(F)(F)F)c1. The van der Waals surface area contributed by atoms with Gasteiger partial charge in [0, 0.05) is 23.2 Å². The molecule has 3 rings (SSSR count). The lowest BCUT2D eigenvalue weighted by Crippen LogP contribution is -2.09. The van der Waals surface area contributed by atoms with Gasteiger partial charge in [-0.15, -0.1) is 0 Å². The second-order valence-electron chi connectivity index (χ2n) is 3.98. The first-order valence-electron chi connectivity index (χ1n) is 5.40. The van der Waals surface area contributed by atoms with Crippen LogP contribution < -0.4 is 0 Å². The highest BCUT2D eigenvalue weighted by Gasteiger charge is 2.37. The van der Waals surface area contributed by atoms with E-state index in [0.29, 0.717) is 16.6 Å². The molecule has 0 saturated heterocycles. The van der Waals surface area contributed by atoms with E-state index in [2.05, 4.69) is 9.36 Å². The molecule has 0 unspecified atom stereocenters. The molecule has 0 amide bonds. The summed E-state index contributed by atoms with van der Waals surface area (Å²) in [5.74, 6) is 0. The van der Waals surface area contributed by atoms with Crippen LogP contribution in [0, 0.1) is 11.3 Å². The summed E-state index contributed by atoms with van der Waals surface area (Å²) in [5.41, 5.74) is -0.287. The average molecular weight is 294 g/mol. The molecule has 20 heavy (non-hydrogen) atoms. The molecule has 0 radical (unpaired) electrons. The summed E-state index contributed by atoms with van der Waals surface area (Å²) in [6, 6.07) is 5.12. The molecule has 3 aromatic heterocycles. The van der Waals surface area contributed by atoms with Gasteiger partial charge in [-0.3, -0.25) is 4.57 Å². The van der Waals surface area contributed by atoms with Crippen LogP contribution in [0.25, 0.3) is 16.7 Å². The number of hydrogen-bond donors (Lipinski definition) is 0. The lowest BCUT2D eigenvalue weighted by molar-refractivity contribution is -0.140. The fourth-order valence-corrected chi connectivity index (χ4v) is 2.56. The van der Waals surface area contributed by atoms with E-state index >= 15 is 0 Å². The fraction of sp³-hybridized carbons (Fsp3) is 0.0833. The van der Waals surface area contributed by atoms with Crippen LogP contribution >= 0.6 is 11.5 Å². The largest absolute Gasteiger partial charge is 0.436 e. The Balaban J connectivity index is 2.22. The van der Waals surface area contributed by atoms with Gasteiger partial charge in [-0.25, -0.2) is 4.98 Å². The van der Waals surface area contributed by atoms with Crippen LogP contribution in [0.3, 0.4) is 0 Å². The van der Waals surface area contributed by atoms with Crippen LogP contribution in [0.5, 0.6) is 0 Å². The maximum absolute atomic E-state index is 12.9. The highest BCUT2D eigenvalue weighted by molar-refractivity contribution is 7.04. The van der Waals surface area contributed by atoms with E-state index in [1.807, 2.05) is 6.07 Å². The predicted octanol–water partition coefficient (Wildman–Crippen LogP) is 3.37. The third kappa shape index (κ3) is 1.92. The van der Waals surface area contributed by atoms with Gasteiger partial charge in [-0.1, -0.05) is 0 Å². The summed E-state index contributed by atoms with van der Waals surface area (Å²) >= 11 is 0.737. The molecule has 4 nitrogen and oxygen atoms in total. The van der Waals surface area contributed by atoms with Crippen LogP contribution in [0.2, 0.25) is 0 Å². The molecule has 3 aromatic rings. The first kappa shape index (κ1) is 12.6. The number of rotatable bonds is 1. The van der Waals surface area contributed by atoms with E-state index in [1.54, 1.807) is 12.1 Å². The number of aromatic nitrogens is 3. The van der Waals surface area contributed by atoms with E-state index in [0.717, 1.165) is 11.5 Å². The zero-order valence-electron chi connectivity index (χ0n) is 9.72. The molecule has 8 heteroatoms. The van der Waals surface area contributed by atoms with Crippen molar-refractivity contribution in [2.75, 3.05) is 0 Å². The molecule has 0 aliphatic carbocycles. The molecule has 0 aromatic carbocycles. The molecule has 3 heterocycles. The third-order valence-corrected chi connectivity index (χ3v) is 3.35. The maximum atomic E-state index is 12.9. The van der Waals surface area contributed by atoms with E-state index in [4.69, 9.17) is 5.26 Å². The summed E-state index contributed by atoms with van der Waals surface area (Å²) < 4.78 is 43.3. The lowest BCUT2D eigenvalue weighted by atomic mass is 10.2. The Hall–Kier alpha value is -2.40. The lowest BCUT2D eigenvalue weighted by Gasteiger charge is -2.07. The number of nitriles is 1. The van der Waals surface area contributed by atoms with Crippen molar-refractivity contribution in [3.63, 3.8) is 0 Å². The number of nitrogens with zero attached hydrogens (tertiary/aromatic N) is 4. The minimum atomic E-state index is -4.52. The molecular weight excluding hydrogens is 289 g/mol. The van der Waals surface area contributed by atoms with Gasteiger partial charge in [0.05, 0.1) is 11.3 Å². The summed E-state index contributed by atoms with van der Waals surface area (Å²) in [6.07, 6.45) is -1.71. The molecule has 0 spiro atoms. The molecule has 0 saturated carbocycles. The number of hydrogen-bond acceptors (Lipinski definition) is 4. The van der Waals surface area contributed by atoms with Gasteiger partial charge >= 0.3 is 6.18 Å². The van der Waals surface area contributed by atoms with Gasteiger partial charge in [0.25, 0.3) is 0 Å². The van der Waals surface area contributed by atoms with Crippen molar-refractivity contribution in [3.8, 4) is 11.8 Å². The zero-order valence-corrected chi connectivity index (χ0v) is 10.5. The van der Waals surface area contributed by atoms with Crippen LogP contribution in [-0.4, -0.2) is 13.9 Å². The molecular formula is C12H5F3N4S. The predicted molar refractivity (Wildman–Crippen MR) is 66.5 cm³/mol. The Kier molecular flexibility index (Phi) is 2.72. The summed E-state index contributed by atoms with van der Waals surface area (Å²) in [6.45, 7) is 0. The van der Waals surface area contributed by atoms with Crippen molar-refractivity contribution in [3.05, 3.63) is 41.2 Å². The Labute approximate surface area is 114 Å². The number of pyridine rings is 1. The smallest absolute Gasteiger partial charge is 0.298 e. The second kappa shape index (κ2) is 4.31. The van der Waals surface area contributed by atoms with Gasteiger partial charge in [0.2, 0.25) is 0 Å². The van der Waals surface area contributed by atoms with Crippen LogP contribution in [0.15, 0.2) is 29.9 Å². The van der Waals surface area contributed by atoms with Gasteiger partial charge in [0.15, 0.2) is 5.69 Å². The third-order valence-electron chi connectivity index (χ3n) is 2.73. The van der Waals surface area contributed by atoms with E-state index in [9.17, 15) is 13.2 Å². The summed E-state index contributed by atoms with van der Waals surface area (Å²) in [7, 11) is 0. The van der Waals surface area contributed by atoms with Crippen LogP contribution in [0.1, 0.15) is 11.3 Å². The van der Waals surface area contributed by atoms with Gasteiger partial charge in [-0.2, -0.15) is 22.8 Å². The average Bonchev–Trinajstić information content (AvgIpc) is 3.02. The van der Waals surface area contributed by atoms with Crippen molar-refractivity contribution in [2.24, 2.45) is 0 Å². The van der Waals surface area contributed by atoms with Crippen LogP contribution in [-0.2, 0) is 6.18 Å². The molecule has 100 valence electrons. The first-order chi connectivity index (χ1) is 9.50. The zero-order chi connectivity index (χ0) is 14.3. The Morgan fingerprint density at radius 1 is 1.35 bits per heavy atom. The quantitative estimate of drug-likeness (QED) is 0.691. The van der Waals surface area contributed by atoms with E-state index < -0.39 is 11.9 Å². The first-order valence-corrected chi connectivity index (χ1v) is 6.23. The van der Waals surface area contributed by atoms with E-state index in [-0.39, 0.29) is 5.69 Å². The molecule has 0 bridgehead atoms. The highest BCUT2D eigenvalue weighted by atomic mass is 32.1. The molecule has 0 aliphatic rings. The fourth-order valence-electron chi connectivity index (χ4n) is 1.88. The Morgan fingerprint density at radius 3 is 2.85 bits per heavy atom. The number of alkyl halides is 3. The van der Waals surface area contributed by atoms with E-state index in [1.165, 1.54) is 22.3 Å². The summed E-state index contributed by atoms with van der Waals surface area (Å²) in [5, 5.41) is 10.7. The van der Waals surface area contributed by atoms with Crippen molar-refractivity contribution >= 4 is 22.6 Å². The summed E-state index contributed by atoms with van der Waals surface area (Å²) in [4.78, 5) is 4.04. The maximum Gasteiger partial charge on any atom is 0.436 e. The van der Waals surface area contributed by atoms with Gasteiger partial charge in [0.1, 0.15) is 11.7 Å². The molecule has 0 aliphatic heterocycles. The normalized spacial score (nSPS) is 11.7. The second-order valence-corrected chi connectivity index (χ2v) is 4.61. The van der Waals surface area contributed by atoms with Crippen molar-refractivity contribution < 1.29 is 13.2 Å². The Morgan fingerprint density at radius 2 is 2.15 bits per heavy atom. The molecule has 0 fully saturated rings. The van der Waals surface area contributed by atoms with Gasteiger partial charge < -0.3 is 0 Å². The minimum Gasteiger partial charge on any atom is -0.298 e. The monoisotopic (exact) mass is 294 g/mol. The van der Waals surface area contributed by atoms with Crippen molar-refractivity contribution in [1.29, 1.82) is 5.26 Å². The van der Waals surface area contributed by atoms with Crippen LogP contribution in [0.4, 0.5) is 13.2 Å². The number of halogens is 3. The topological polar surface area (TPSA) is 54.5 Å². The van der Waals surface area contributed by atoms with Crippen molar-refractivity contribution in [2.45, 2.75) is 6.18 Å². The molecule has 0 N–H and O–H groups in total.